The molecule has 0 amide bonds. The minimum absolute atomic E-state index is 0.900. The first-order chi connectivity index (χ1) is 7.67. The lowest BCUT2D eigenvalue weighted by Crippen LogP contribution is -2.42. The molecule has 1 saturated carbocycles. The zero-order valence-corrected chi connectivity index (χ0v) is 13.9. The van der Waals surface area contributed by atoms with Gasteiger partial charge in [-0.2, -0.15) is 0 Å². The fourth-order valence-electron chi connectivity index (χ4n) is 3.09. The predicted molar refractivity (Wildman–Crippen MR) is 78.1 cm³/mol. The van der Waals surface area contributed by atoms with Crippen LogP contribution in [0.5, 0.6) is 0 Å². The van der Waals surface area contributed by atoms with Crippen molar-refractivity contribution in [3.63, 3.8) is 0 Å². The van der Waals surface area contributed by atoms with E-state index in [1.807, 2.05) is 0 Å². The van der Waals surface area contributed by atoms with Gasteiger partial charge in [0.1, 0.15) is 0 Å². The molecule has 0 spiro atoms. The molecule has 3 heteroatoms. The Hall–Kier alpha value is 0.394. The van der Waals surface area contributed by atoms with Gasteiger partial charge in [0.2, 0.25) is 0 Å². The molecule has 0 aromatic carbocycles. The fraction of sp³-hybridized carbons (Fsp3) is 1.00. The van der Waals surface area contributed by atoms with Gasteiger partial charge < -0.3 is 4.12 Å². The van der Waals surface area contributed by atoms with E-state index in [-0.39, 0.29) is 0 Å². The Morgan fingerprint density at radius 2 is 1.50 bits per heavy atom. The van der Waals surface area contributed by atoms with E-state index in [4.69, 9.17) is 4.12 Å². The number of rotatable bonds is 6. The molecule has 0 heterocycles. The molecule has 96 valence electrons. The summed E-state index contributed by atoms with van der Waals surface area (Å²) in [5.41, 5.74) is 0.991. The highest BCUT2D eigenvalue weighted by molar-refractivity contribution is 6.80. The van der Waals surface area contributed by atoms with Gasteiger partial charge in [0.15, 0.2) is 17.4 Å². The molecule has 0 aliphatic heterocycles. The molecule has 1 atom stereocenters. The van der Waals surface area contributed by atoms with Crippen molar-refractivity contribution in [1.82, 2.24) is 0 Å². The fourth-order valence-corrected chi connectivity index (χ4v) is 11.9. The monoisotopic (exact) mass is 258 g/mol. The molecule has 0 bridgehead atoms. The first-order valence-corrected chi connectivity index (χ1v) is 12.2. The summed E-state index contributed by atoms with van der Waals surface area (Å²) in [6.45, 7) is 9.52. The van der Waals surface area contributed by atoms with E-state index in [0.29, 0.717) is 0 Å². The van der Waals surface area contributed by atoms with E-state index < -0.39 is 17.4 Å². The van der Waals surface area contributed by atoms with Gasteiger partial charge in [-0.3, -0.25) is 0 Å². The zero-order chi connectivity index (χ0) is 12.0. The van der Waals surface area contributed by atoms with Crippen LogP contribution in [-0.2, 0) is 4.12 Å². The minimum Gasteiger partial charge on any atom is -0.457 e. The smallest absolute Gasteiger partial charge is 0.178 e. The van der Waals surface area contributed by atoms with Crippen LogP contribution in [0.4, 0.5) is 0 Å². The Bertz CT molecular complexity index is 178. The molecule has 0 aromatic heterocycles. The second-order valence-corrected chi connectivity index (χ2v) is 13.2. The quantitative estimate of drug-likeness (QED) is 0.628. The van der Waals surface area contributed by atoms with Gasteiger partial charge >= 0.3 is 0 Å². The van der Waals surface area contributed by atoms with Gasteiger partial charge in [-0.15, -0.1) is 0 Å². The highest BCUT2D eigenvalue weighted by Gasteiger charge is 2.33. The van der Waals surface area contributed by atoms with Gasteiger partial charge in [-0.05, 0) is 30.2 Å². The summed E-state index contributed by atoms with van der Waals surface area (Å²) in [5.74, 6) is 0. The van der Waals surface area contributed by atoms with E-state index in [9.17, 15) is 0 Å². The summed E-state index contributed by atoms with van der Waals surface area (Å²) in [6, 6.07) is 3.97. The Morgan fingerprint density at radius 3 is 1.94 bits per heavy atom. The van der Waals surface area contributed by atoms with Crippen LogP contribution in [0, 0.1) is 0 Å². The van der Waals surface area contributed by atoms with Crippen molar-refractivity contribution in [2.75, 3.05) is 0 Å². The Balaban J connectivity index is 2.49. The Morgan fingerprint density at radius 1 is 1.00 bits per heavy atom. The molecule has 0 saturated heterocycles. The lowest BCUT2D eigenvalue weighted by molar-refractivity contribution is 0.448. The summed E-state index contributed by atoms with van der Waals surface area (Å²) >= 11 is 0. The normalized spacial score (nSPS) is 21.0. The Labute approximate surface area is 105 Å². The van der Waals surface area contributed by atoms with Crippen molar-refractivity contribution in [3.8, 4) is 0 Å². The average Bonchev–Trinajstić information content (AvgIpc) is 2.37. The third-order valence-corrected chi connectivity index (χ3v) is 14.0. The van der Waals surface area contributed by atoms with E-state index >= 15 is 0 Å². The predicted octanol–water partition coefficient (Wildman–Crippen LogP) is 4.70. The van der Waals surface area contributed by atoms with Gasteiger partial charge in [-0.1, -0.05) is 52.9 Å². The first-order valence-electron chi connectivity index (χ1n) is 7.35. The van der Waals surface area contributed by atoms with Crippen molar-refractivity contribution < 1.29 is 4.12 Å². The van der Waals surface area contributed by atoms with Crippen LogP contribution in [0.1, 0.15) is 52.9 Å². The van der Waals surface area contributed by atoms with Gasteiger partial charge in [-0.25, -0.2) is 0 Å². The molecule has 1 aliphatic rings. The lowest BCUT2D eigenvalue weighted by Gasteiger charge is -2.36. The molecule has 0 radical (unpaired) electrons. The third kappa shape index (κ3) is 3.71. The van der Waals surface area contributed by atoms with Crippen molar-refractivity contribution in [3.05, 3.63) is 0 Å². The summed E-state index contributed by atoms with van der Waals surface area (Å²) in [5, 5.41) is 0. The molecule has 1 nitrogen and oxygen atoms in total. The largest absolute Gasteiger partial charge is 0.457 e. The molecule has 1 unspecified atom stereocenters. The maximum atomic E-state index is 6.70. The van der Waals surface area contributed by atoms with Gasteiger partial charge in [0, 0.05) is 0 Å². The summed E-state index contributed by atoms with van der Waals surface area (Å²) in [7, 11) is -2.20. The first kappa shape index (κ1) is 14.5. The Kier molecular flexibility index (Phi) is 6.30. The molecule has 1 rings (SSSR count). The number of hydrogen-bond acceptors (Lipinski definition) is 1. The van der Waals surface area contributed by atoms with E-state index in [1.54, 1.807) is 0 Å². The summed E-state index contributed by atoms with van der Waals surface area (Å²) in [6.07, 6.45) is 7.33. The highest BCUT2D eigenvalue weighted by Crippen LogP contribution is 2.34. The van der Waals surface area contributed by atoms with Crippen LogP contribution in [-0.4, -0.2) is 17.4 Å². The van der Waals surface area contributed by atoms with Crippen LogP contribution < -0.4 is 0 Å². The maximum absolute atomic E-state index is 6.70. The number of hydrogen-bond donors (Lipinski definition) is 0. The van der Waals surface area contributed by atoms with E-state index in [1.165, 1.54) is 50.2 Å². The zero-order valence-electron chi connectivity index (χ0n) is 11.7. The maximum Gasteiger partial charge on any atom is 0.178 e. The van der Waals surface area contributed by atoms with E-state index in [2.05, 4.69) is 27.3 Å². The molecule has 16 heavy (non-hydrogen) atoms. The van der Waals surface area contributed by atoms with Crippen LogP contribution in [0.25, 0.3) is 0 Å². The van der Waals surface area contributed by atoms with Crippen molar-refractivity contribution in [1.29, 1.82) is 0 Å². The lowest BCUT2D eigenvalue weighted by atomic mass is 10.0. The van der Waals surface area contributed by atoms with E-state index in [0.717, 1.165) is 5.54 Å². The molecule has 0 aromatic rings. The van der Waals surface area contributed by atoms with Crippen LogP contribution in [0.2, 0.25) is 30.2 Å². The molecule has 0 N–H and O–H groups in total. The van der Waals surface area contributed by atoms with Crippen molar-refractivity contribution >= 4 is 17.4 Å². The van der Waals surface area contributed by atoms with Gasteiger partial charge in [0.05, 0.1) is 0 Å². The molecule has 1 aliphatic carbocycles. The van der Waals surface area contributed by atoms with Crippen LogP contribution in [0.3, 0.4) is 0 Å². The topological polar surface area (TPSA) is 9.23 Å². The average molecular weight is 259 g/mol. The summed E-state index contributed by atoms with van der Waals surface area (Å²) < 4.78 is 6.70. The van der Waals surface area contributed by atoms with Crippen LogP contribution in [0.15, 0.2) is 0 Å². The second-order valence-electron chi connectivity index (χ2n) is 5.46. The second kappa shape index (κ2) is 6.97. The highest BCUT2D eigenvalue weighted by atomic mass is 28.4. The third-order valence-electron chi connectivity index (χ3n) is 4.68. The molecular weight excluding hydrogens is 228 g/mol. The van der Waals surface area contributed by atoms with Crippen molar-refractivity contribution in [2.24, 2.45) is 0 Å². The summed E-state index contributed by atoms with van der Waals surface area (Å²) in [4.78, 5) is 0. The van der Waals surface area contributed by atoms with Crippen molar-refractivity contribution in [2.45, 2.75) is 83.1 Å². The SMILES string of the molecule is CC[Si](CC)(CC)O[SiH](C)C1CCCCC1. The standard InChI is InChI=1S/C13H30OSi2/c1-5-16(6-2,7-3)14-15(4)13-11-9-8-10-12-13/h13,15H,5-12H2,1-4H3. The minimum atomic E-state index is -1.30. The molecular formula is C13H30OSi2. The van der Waals surface area contributed by atoms with Crippen LogP contribution >= 0.6 is 0 Å². The van der Waals surface area contributed by atoms with Gasteiger partial charge in [0.25, 0.3) is 0 Å². The molecule has 1 fully saturated rings.